The zero-order valence-electron chi connectivity index (χ0n) is 11.8. The quantitative estimate of drug-likeness (QED) is 0.850. The van der Waals surface area contributed by atoms with Crippen LogP contribution >= 0.6 is 0 Å². The van der Waals surface area contributed by atoms with Gasteiger partial charge in [-0.3, -0.25) is 0 Å². The second-order valence-electron chi connectivity index (χ2n) is 5.57. The highest BCUT2D eigenvalue weighted by molar-refractivity contribution is 5.89. The fraction of sp³-hybridized carbons (Fsp3) is 0.600. The molecule has 19 heavy (non-hydrogen) atoms. The number of aromatic nitrogens is 1. The number of nitrogens with zero attached hydrogens (tertiary/aromatic N) is 1. The lowest BCUT2D eigenvalue weighted by Crippen LogP contribution is -2.33. The van der Waals surface area contributed by atoms with E-state index in [2.05, 4.69) is 24.1 Å². The normalized spacial score (nSPS) is 26.8. The number of carbonyl (C=O) groups is 1. The molecule has 1 heterocycles. The number of anilines is 1. The monoisotopic (exact) mass is 262 g/mol. The molecular formula is C15H22N2O2. The molecule has 0 aromatic carbocycles. The number of rotatable bonds is 3. The van der Waals surface area contributed by atoms with Crippen LogP contribution in [0.1, 0.15) is 43.5 Å². The molecule has 0 aliphatic heterocycles. The van der Waals surface area contributed by atoms with Crippen molar-refractivity contribution in [1.82, 2.24) is 4.98 Å². The summed E-state index contributed by atoms with van der Waals surface area (Å²) in [5.74, 6) is 1.87. The van der Waals surface area contributed by atoms with Gasteiger partial charge in [-0.15, -0.1) is 0 Å². The van der Waals surface area contributed by atoms with Crippen molar-refractivity contribution in [3.63, 3.8) is 0 Å². The molecule has 4 nitrogen and oxygen atoms in total. The highest BCUT2D eigenvalue weighted by Crippen LogP contribution is 2.30. The van der Waals surface area contributed by atoms with Gasteiger partial charge >= 0.3 is 5.97 Å². The van der Waals surface area contributed by atoms with Gasteiger partial charge in [0.2, 0.25) is 0 Å². The molecule has 1 fully saturated rings. The Bertz CT molecular complexity index is 448. The third kappa shape index (κ3) is 3.46. The molecule has 0 amide bonds. The van der Waals surface area contributed by atoms with Crippen LogP contribution in [-0.2, 0) is 4.74 Å². The standard InChI is InChI=1S/C15H22N2O2/c1-10-4-5-13(11(2)8-10)17-14-9-12(6-7-16-14)15(18)19-3/h6-7,9-11,13H,4-5,8H2,1-3H3,(H,16,17). The van der Waals surface area contributed by atoms with E-state index in [0.29, 0.717) is 17.5 Å². The molecule has 1 saturated carbocycles. The predicted octanol–water partition coefficient (Wildman–Crippen LogP) is 3.10. The summed E-state index contributed by atoms with van der Waals surface area (Å²) in [5.41, 5.74) is 0.539. The molecule has 1 aliphatic carbocycles. The first-order valence-corrected chi connectivity index (χ1v) is 6.91. The zero-order chi connectivity index (χ0) is 13.8. The van der Waals surface area contributed by atoms with Gasteiger partial charge in [0.05, 0.1) is 12.7 Å². The van der Waals surface area contributed by atoms with E-state index in [0.717, 1.165) is 18.2 Å². The first kappa shape index (κ1) is 13.8. The number of ether oxygens (including phenoxy) is 1. The Hall–Kier alpha value is -1.58. The summed E-state index contributed by atoms with van der Waals surface area (Å²) in [6.07, 6.45) is 5.30. The third-order valence-electron chi connectivity index (χ3n) is 3.95. The maximum Gasteiger partial charge on any atom is 0.338 e. The van der Waals surface area contributed by atoms with E-state index in [-0.39, 0.29) is 5.97 Å². The number of methoxy groups -OCH3 is 1. The van der Waals surface area contributed by atoms with Gasteiger partial charge in [-0.05, 0) is 43.2 Å². The Morgan fingerprint density at radius 1 is 1.42 bits per heavy atom. The molecule has 2 rings (SSSR count). The lowest BCUT2D eigenvalue weighted by atomic mass is 9.80. The Labute approximate surface area is 114 Å². The summed E-state index contributed by atoms with van der Waals surface area (Å²) >= 11 is 0. The first-order chi connectivity index (χ1) is 9.10. The van der Waals surface area contributed by atoms with Crippen molar-refractivity contribution >= 4 is 11.8 Å². The number of carbonyl (C=O) groups excluding carboxylic acids is 1. The Morgan fingerprint density at radius 3 is 2.89 bits per heavy atom. The molecule has 1 aromatic rings. The number of hydrogen-bond donors (Lipinski definition) is 1. The minimum Gasteiger partial charge on any atom is -0.465 e. The number of esters is 1. The smallest absolute Gasteiger partial charge is 0.338 e. The molecule has 1 aromatic heterocycles. The lowest BCUT2D eigenvalue weighted by Gasteiger charge is -2.33. The maximum absolute atomic E-state index is 11.5. The van der Waals surface area contributed by atoms with E-state index in [1.165, 1.54) is 20.0 Å². The van der Waals surface area contributed by atoms with Crippen LogP contribution in [0, 0.1) is 11.8 Å². The Kier molecular flexibility index (Phi) is 4.40. The second kappa shape index (κ2) is 6.04. The zero-order valence-corrected chi connectivity index (χ0v) is 11.8. The van der Waals surface area contributed by atoms with Gasteiger partial charge in [0.1, 0.15) is 5.82 Å². The molecule has 3 atom stereocenters. The van der Waals surface area contributed by atoms with Crippen LogP contribution in [0.3, 0.4) is 0 Å². The van der Waals surface area contributed by atoms with Crippen molar-refractivity contribution in [3.05, 3.63) is 23.9 Å². The summed E-state index contributed by atoms with van der Waals surface area (Å²) < 4.78 is 4.72. The van der Waals surface area contributed by atoms with Crippen molar-refractivity contribution in [1.29, 1.82) is 0 Å². The van der Waals surface area contributed by atoms with E-state index in [4.69, 9.17) is 4.74 Å². The van der Waals surface area contributed by atoms with Crippen LogP contribution in [0.5, 0.6) is 0 Å². The van der Waals surface area contributed by atoms with Crippen LogP contribution in [0.15, 0.2) is 18.3 Å². The third-order valence-corrected chi connectivity index (χ3v) is 3.95. The van der Waals surface area contributed by atoms with Crippen molar-refractivity contribution in [2.45, 2.75) is 39.2 Å². The summed E-state index contributed by atoms with van der Waals surface area (Å²) in [6.45, 7) is 4.58. The van der Waals surface area contributed by atoms with Gasteiger partial charge in [-0.25, -0.2) is 9.78 Å². The predicted molar refractivity (Wildman–Crippen MR) is 75.2 cm³/mol. The van der Waals surface area contributed by atoms with Crippen molar-refractivity contribution < 1.29 is 9.53 Å². The second-order valence-corrected chi connectivity index (χ2v) is 5.57. The Morgan fingerprint density at radius 2 is 2.21 bits per heavy atom. The molecule has 1 N–H and O–H groups in total. The largest absolute Gasteiger partial charge is 0.465 e. The lowest BCUT2D eigenvalue weighted by molar-refractivity contribution is 0.0600. The molecular weight excluding hydrogens is 240 g/mol. The topological polar surface area (TPSA) is 51.2 Å². The summed E-state index contributed by atoms with van der Waals surface area (Å²) in [6, 6.07) is 3.87. The number of nitrogens with one attached hydrogen (secondary N) is 1. The van der Waals surface area contributed by atoms with Crippen LogP contribution in [-0.4, -0.2) is 24.1 Å². The van der Waals surface area contributed by atoms with E-state index in [1.54, 1.807) is 18.3 Å². The average Bonchev–Trinajstić information content (AvgIpc) is 2.41. The first-order valence-electron chi connectivity index (χ1n) is 6.91. The summed E-state index contributed by atoms with van der Waals surface area (Å²) in [7, 11) is 1.39. The van der Waals surface area contributed by atoms with Crippen LogP contribution in [0.4, 0.5) is 5.82 Å². The Balaban J connectivity index is 2.04. The van der Waals surface area contributed by atoms with Gasteiger partial charge in [0.25, 0.3) is 0 Å². The summed E-state index contributed by atoms with van der Waals surface area (Å²) in [5, 5.41) is 3.45. The molecule has 0 spiro atoms. The van der Waals surface area contributed by atoms with Crippen LogP contribution in [0.25, 0.3) is 0 Å². The van der Waals surface area contributed by atoms with E-state index in [1.807, 2.05) is 0 Å². The van der Waals surface area contributed by atoms with Crippen molar-refractivity contribution in [2.75, 3.05) is 12.4 Å². The fourth-order valence-electron chi connectivity index (χ4n) is 2.82. The van der Waals surface area contributed by atoms with Crippen LogP contribution in [0.2, 0.25) is 0 Å². The molecule has 104 valence electrons. The van der Waals surface area contributed by atoms with E-state index >= 15 is 0 Å². The molecule has 0 radical (unpaired) electrons. The maximum atomic E-state index is 11.5. The average molecular weight is 262 g/mol. The van der Waals surface area contributed by atoms with Gasteiger partial charge in [-0.2, -0.15) is 0 Å². The van der Waals surface area contributed by atoms with Gasteiger partial charge < -0.3 is 10.1 Å². The van der Waals surface area contributed by atoms with Gasteiger partial charge in [0.15, 0.2) is 0 Å². The minimum absolute atomic E-state index is 0.323. The van der Waals surface area contributed by atoms with E-state index < -0.39 is 0 Å². The van der Waals surface area contributed by atoms with Crippen LogP contribution < -0.4 is 5.32 Å². The molecule has 4 heteroatoms. The molecule has 1 aliphatic rings. The fourth-order valence-corrected chi connectivity index (χ4v) is 2.82. The van der Waals surface area contributed by atoms with Gasteiger partial charge in [0, 0.05) is 12.2 Å². The van der Waals surface area contributed by atoms with Gasteiger partial charge in [-0.1, -0.05) is 13.8 Å². The van der Waals surface area contributed by atoms with E-state index in [9.17, 15) is 4.79 Å². The highest BCUT2D eigenvalue weighted by atomic mass is 16.5. The van der Waals surface area contributed by atoms with Crippen molar-refractivity contribution in [3.8, 4) is 0 Å². The number of hydrogen-bond acceptors (Lipinski definition) is 4. The molecule has 0 bridgehead atoms. The highest BCUT2D eigenvalue weighted by Gasteiger charge is 2.25. The molecule has 0 saturated heterocycles. The summed E-state index contributed by atoms with van der Waals surface area (Å²) in [4.78, 5) is 15.8. The number of pyridine rings is 1. The minimum atomic E-state index is -0.323. The SMILES string of the molecule is COC(=O)c1ccnc(NC2CCC(C)CC2C)c1. The van der Waals surface area contributed by atoms with Crippen molar-refractivity contribution in [2.24, 2.45) is 11.8 Å². The molecule has 3 unspecified atom stereocenters.